The third kappa shape index (κ3) is 4.08. The van der Waals surface area contributed by atoms with Crippen LogP contribution in [0, 0.1) is 6.92 Å². The summed E-state index contributed by atoms with van der Waals surface area (Å²) in [7, 11) is -3.65. The van der Waals surface area contributed by atoms with Crippen LogP contribution in [0.4, 0.5) is 5.69 Å². The Morgan fingerprint density at radius 3 is 2.62 bits per heavy atom. The normalized spacial score (nSPS) is 17.6. The van der Waals surface area contributed by atoms with Gasteiger partial charge in [-0.15, -0.1) is 0 Å². The number of nitrogens with one attached hydrogen (secondary N) is 1. The van der Waals surface area contributed by atoms with Crippen LogP contribution in [-0.2, 0) is 27.6 Å². The molecule has 29 heavy (non-hydrogen) atoms. The minimum absolute atomic E-state index is 0.144. The van der Waals surface area contributed by atoms with Crippen molar-refractivity contribution >= 4 is 21.6 Å². The Hall–Kier alpha value is -2.22. The number of sulfonamides is 1. The number of fused-ring (bicyclic) bond motifs is 1. The fourth-order valence-corrected chi connectivity index (χ4v) is 5.47. The number of rotatable bonds is 4. The van der Waals surface area contributed by atoms with E-state index in [0.29, 0.717) is 31.9 Å². The number of benzene rings is 2. The maximum Gasteiger partial charge on any atom is 0.255 e. The molecule has 0 bridgehead atoms. The summed E-state index contributed by atoms with van der Waals surface area (Å²) in [6, 6.07) is 10.8. The molecule has 2 aromatic rings. The van der Waals surface area contributed by atoms with E-state index in [1.165, 1.54) is 27.9 Å². The summed E-state index contributed by atoms with van der Waals surface area (Å²) in [5.41, 5.74) is 4.44. The van der Waals surface area contributed by atoms with E-state index in [2.05, 4.69) is 11.4 Å². The van der Waals surface area contributed by atoms with Gasteiger partial charge in [-0.1, -0.05) is 18.2 Å². The standard InChI is InChI=1S/C22H26N2O4S/c1-16-9-10-18(29(26,27)24-11-13-28-14-12-24)15-20(16)22(25)23-21-8-4-6-17-5-2-3-7-19(17)21/h4,6,8-10,15H,2-3,5,7,11-14H2,1H3,(H,23,25). The Balaban J connectivity index is 1.62. The lowest BCUT2D eigenvalue weighted by Crippen LogP contribution is -2.40. The zero-order valence-electron chi connectivity index (χ0n) is 16.6. The third-order valence-electron chi connectivity index (χ3n) is 5.71. The van der Waals surface area contributed by atoms with Gasteiger partial charge in [0.05, 0.1) is 18.1 Å². The summed E-state index contributed by atoms with van der Waals surface area (Å²) in [6.45, 7) is 3.25. The second kappa shape index (κ2) is 8.26. The Morgan fingerprint density at radius 2 is 1.83 bits per heavy atom. The summed E-state index contributed by atoms with van der Waals surface area (Å²) >= 11 is 0. The summed E-state index contributed by atoms with van der Waals surface area (Å²) in [6.07, 6.45) is 4.28. The van der Waals surface area contributed by atoms with Gasteiger partial charge >= 0.3 is 0 Å². The van der Waals surface area contributed by atoms with E-state index in [9.17, 15) is 13.2 Å². The lowest BCUT2D eigenvalue weighted by atomic mass is 9.90. The molecule has 2 aliphatic rings. The van der Waals surface area contributed by atoms with Crippen molar-refractivity contribution in [3.63, 3.8) is 0 Å². The summed E-state index contributed by atoms with van der Waals surface area (Å²) < 4.78 is 32.6. The van der Waals surface area contributed by atoms with Crippen LogP contribution in [0.2, 0.25) is 0 Å². The van der Waals surface area contributed by atoms with Gasteiger partial charge in [0.15, 0.2) is 0 Å². The number of carbonyl (C=O) groups is 1. The Morgan fingerprint density at radius 1 is 1.07 bits per heavy atom. The lowest BCUT2D eigenvalue weighted by Gasteiger charge is -2.26. The molecule has 1 aliphatic carbocycles. The van der Waals surface area contributed by atoms with Gasteiger partial charge in [0.2, 0.25) is 10.0 Å². The molecule has 4 rings (SSSR count). The van der Waals surface area contributed by atoms with Crippen molar-refractivity contribution in [2.45, 2.75) is 37.5 Å². The highest BCUT2D eigenvalue weighted by Gasteiger charge is 2.27. The first-order valence-electron chi connectivity index (χ1n) is 10.1. The zero-order chi connectivity index (χ0) is 20.4. The van der Waals surface area contributed by atoms with Crippen molar-refractivity contribution in [2.75, 3.05) is 31.6 Å². The third-order valence-corrected chi connectivity index (χ3v) is 7.60. The van der Waals surface area contributed by atoms with Crippen molar-refractivity contribution in [2.24, 2.45) is 0 Å². The highest BCUT2D eigenvalue weighted by atomic mass is 32.2. The number of carbonyl (C=O) groups excluding carboxylic acids is 1. The monoisotopic (exact) mass is 414 g/mol. The average molecular weight is 415 g/mol. The first-order chi connectivity index (χ1) is 14.0. The van der Waals surface area contributed by atoms with E-state index in [0.717, 1.165) is 30.5 Å². The molecule has 0 aromatic heterocycles. The van der Waals surface area contributed by atoms with Gasteiger partial charge < -0.3 is 10.1 Å². The molecule has 7 heteroatoms. The smallest absolute Gasteiger partial charge is 0.255 e. The lowest BCUT2D eigenvalue weighted by molar-refractivity contribution is 0.0730. The minimum atomic E-state index is -3.65. The fourth-order valence-electron chi connectivity index (χ4n) is 4.03. The fraction of sp³-hybridized carbons (Fsp3) is 0.409. The molecule has 2 aromatic carbocycles. The molecule has 0 radical (unpaired) electrons. The highest BCUT2D eigenvalue weighted by molar-refractivity contribution is 7.89. The number of aryl methyl sites for hydroxylation is 2. The topological polar surface area (TPSA) is 75.7 Å². The number of anilines is 1. The number of nitrogens with zero attached hydrogens (tertiary/aromatic N) is 1. The minimum Gasteiger partial charge on any atom is -0.379 e. The molecule has 1 amide bonds. The maximum atomic E-state index is 13.0. The van der Waals surface area contributed by atoms with Crippen molar-refractivity contribution in [1.82, 2.24) is 4.31 Å². The SMILES string of the molecule is Cc1ccc(S(=O)(=O)N2CCOCC2)cc1C(=O)Nc1cccc2c1CCCC2. The van der Waals surface area contributed by atoms with Crippen LogP contribution in [0.1, 0.15) is 39.9 Å². The van der Waals surface area contributed by atoms with Gasteiger partial charge in [-0.25, -0.2) is 8.42 Å². The first kappa shape index (κ1) is 20.1. The number of hydrogen-bond acceptors (Lipinski definition) is 4. The predicted molar refractivity (Wildman–Crippen MR) is 112 cm³/mol. The largest absolute Gasteiger partial charge is 0.379 e. The van der Waals surface area contributed by atoms with Crippen molar-refractivity contribution < 1.29 is 17.9 Å². The molecule has 1 heterocycles. The molecule has 1 saturated heterocycles. The molecule has 0 atom stereocenters. The Kier molecular flexibility index (Phi) is 5.72. The molecule has 0 saturated carbocycles. The van der Waals surface area contributed by atoms with Crippen molar-refractivity contribution in [3.05, 3.63) is 58.7 Å². The van der Waals surface area contributed by atoms with Crippen LogP contribution in [-0.4, -0.2) is 44.9 Å². The van der Waals surface area contributed by atoms with Crippen LogP contribution in [0.25, 0.3) is 0 Å². The summed E-state index contributed by atoms with van der Waals surface area (Å²) in [5.74, 6) is -0.277. The quantitative estimate of drug-likeness (QED) is 0.834. The van der Waals surface area contributed by atoms with E-state index >= 15 is 0 Å². The second-order valence-corrected chi connectivity index (χ2v) is 9.54. The highest BCUT2D eigenvalue weighted by Crippen LogP contribution is 2.29. The second-order valence-electron chi connectivity index (χ2n) is 7.60. The van der Waals surface area contributed by atoms with Crippen LogP contribution >= 0.6 is 0 Å². The van der Waals surface area contributed by atoms with E-state index in [4.69, 9.17) is 4.74 Å². The Labute approximate surface area is 171 Å². The van der Waals surface area contributed by atoms with Gasteiger partial charge in [-0.2, -0.15) is 4.31 Å². The molecule has 0 unspecified atom stereocenters. The number of ether oxygens (including phenoxy) is 1. The zero-order valence-corrected chi connectivity index (χ0v) is 17.4. The molecule has 154 valence electrons. The number of morpholine rings is 1. The van der Waals surface area contributed by atoms with Crippen molar-refractivity contribution in [3.8, 4) is 0 Å². The van der Waals surface area contributed by atoms with Crippen LogP contribution in [0.5, 0.6) is 0 Å². The van der Waals surface area contributed by atoms with E-state index in [-0.39, 0.29) is 10.8 Å². The van der Waals surface area contributed by atoms with E-state index < -0.39 is 10.0 Å². The first-order valence-corrected chi connectivity index (χ1v) is 11.5. The van der Waals surface area contributed by atoms with E-state index in [1.807, 2.05) is 19.1 Å². The van der Waals surface area contributed by atoms with Crippen molar-refractivity contribution in [1.29, 1.82) is 0 Å². The van der Waals surface area contributed by atoms with Crippen LogP contribution in [0.15, 0.2) is 41.3 Å². The molecule has 1 N–H and O–H groups in total. The summed E-state index contributed by atoms with van der Waals surface area (Å²) in [4.78, 5) is 13.2. The van der Waals surface area contributed by atoms with Gasteiger partial charge in [0.25, 0.3) is 5.91 Å². The summed E-state index contributed by atoms with van der Waals surface area (Å²) in [5, 5.41) is 3.02. The molecule has 1 aliphatic heterocycles. The van der Waals surface area contributed by atoms with E-state index in [1.54, 1.807) is 12.1 Å². The average Bonchev–Trinajstić information content (AvgIpc) is 2.75. The molecular weight excluding hydrogens is 388 g/mol. The van der Waals surface area contributed by atoms with Gasteiger partial charge in [-0.3, -0.25) is 4.79 Å². The molecule has 0 spiro atoms. The van der Waals surface area contributed by atoms with Gasteiger partial charge in [-0.05, 0) is 67.5 Å². The predicted octanol–water partition coefficient (Wildman–Crippen LogP) is 3.15. The number of amides is 1. The van der Waals surface area contributed by atoms with Gasteiger partial charge in [0, 0.05) is 24.3 Å². The Bertz CT molecular complexity index is 1030. The molecule has 1 fully saturated rings. The molecule has 6 nitrogen and oxygen atoms in total. The van der Waals surface area contributed by atoms with Crippen LogP contribution in [0.3, 0.4) is 0 Å². The molecular formula is C22H26N2O4S. The maximum absolute atomic E-state index is 13.0. The van der Waals surface area contributed by atoms with Gasteiger partial charge in [0.1, 0.15) is 0 Å². The number of hydrogen-bond donors (Lipinski definition) is 1. The van der Waals surface area contributed by atoms with Crippen LogP contribution < -0.4 is 5.32 Å².